The monoisotopic (exact) mass is 637 g/mol. The smallest absolute Gasteiger partial charge is 0.337 e. The van der Waals surface area contributed by atoms with E-state index in [0.717, 1.165) is 66.3 Å². The van der Waals surface area contributed by atoms with Crippen LogP contribution in [0.2, 0.25) is 10.0 Å². The fourth-order valence-corrected chi connectivity index (χ4v) is 5.78. The van der Waals surface area contributed by atoms with Crippen LogP contribution in [-0.2, 0) is 24.4 Å². The first-order valence-corrected chi connectivity index (χ1v) is 15.4. The van der Waals surface area contributed by atoms with E-state index in [1.165, 1.54) is 7.11 Å². The number of methoxy groups -OCH3 is 1. The van der Waals surface area contributed by atoms with Crippen molar-refractivity contribution in [3.8, 4) is 11.5 Å². The molecule has 0 saturated carbocycles. The number of fused-ring (bicyclic) bond motifs is 1. The quantitative estimate of drug-likeness (QED) is 0.178. The largest absolute Gasteiger partial charge is 0.490 e. The van der Waals surface area contributed by atoms with Gasteiger partial charge in [-0.1, -0.05) is 35.3 Å². The lowest BCUT2D eigenvalue weighted by Gasteiger charge is -2.32. The minimum Gasteiger partial charge on any atom is -0.490 e. The third-order valence-electron chi connectivity index (χ3n) is 7.57. The number of aromatic nitrogens is 2. The summed E-state index contributed by atoms with van der Waals surface area (Å²) in [4.78, 5) is 19.6. The number of halogens is 2. The molecule has 0 unspecified atom stereocenters. The molecule has 44 heavy (non-hydrogen) atoms. The predicted octanol–water partition coefficient (Wildman–Crippen LogP) is 6.16. The molecule has 0 radical (unpaired) electrons. The van der Waals surface area contributed by atoms with Crippen molar-refractivity contribution in [1.82, 2.24) is 19.8 Å². The summed E-state index contributed by atoms with van der Waals surface area (Å²) >= 11 is 12.2. The van der Waals surface area contributed by atoms with Crippen LogP contribution in [0.1, 0.15) is 41.5 Å². The van der Waals surface area contributed by atoms with Gasteiger partial charge in [-0.15, -0.1) is 0 Å². The Morgan fingerprint density at radius 3 is 2.66 bits per heavy atom. The lowest BCUT2D eigenvalue weighted by atomic mass is 10.1. The van der Waals surface area contributed by atoms with E-state index in [0.29, 0.717) is 41.1 Å². The third-order valence-corrected chi connectivity index (χ3v) is 8.10. The van der Waals surface area contributed by atoms with Gasteiger partial charge < -0.3 is 29.8 Å². The fraction of sp³-hybridized carbons (Fsp3) is 0.333. The number of hydrogen-bond acceptors (Lipinski definition) is 8. The highest BCUT2D eigenvalue weighted by molar-refractivity contribution is 6.35. The van der Waals surface area contributed by atoms with Crippen LogP contribution >= 0.6 is 23.2 Å². The van der Waals surface area contributed by atoms with Gasteiger partial charge in [0.05, 0.1) is 41.8 Å². The van der Waals surface area contributed by atoms with Crippen LogP contribution < -0.4 is 20.5 Å². The molecule has 0 amide bonds. The van der Waals surface area contributed by atoms with Crippen LogP contribution in [0.5, 0.6) is 11.5 Å². The molecule has 3 N–H and O–H groups in total. The number of rotatable bonds is 12. The Bertz CT molecular complexity index is 1630. The molecular weight excluding hydrogens is 601 g/mol. The molecule has 1 saturated heterocycles. The van der Waals surface area contributed by atoms with E-state index < -0.39 is 0 Å². The van der Waals surface area contributed by atoms with Crippen molar-refractivity contribution in [2.24, 2.45) is 5.73 Å². The molecule has 11 heteroatoms. The maximum Gasteiger partial charge on any atom is 0.337 e. The SMILES string of the molecule is CCN/C(=C\N)Cn1c(CN2CCC(Oc3cccc(COc4ccc(Cl)cc4Cl)c3)CC2)nc2ccc(C(=O)OC)cc21. The molecule has 1 aromatic heterocycles. The second kappa shape index (κ2) is 14.7. The number of carbonyl (C=O) groups is 1. The van der Waals surface area contributed by atoms with E-state index in [9.17, 15) is 4.79 Å². The lowest BCUT2D eigenvalue weighted by molar-refractivity contribution is 0.0601. The van der Waals surface area contributed by atoms with Crippen LogP contribution in [0.4, 0.5) is 0 Å². The van der Waals surface area contributed by atoms with Crippen molar-refractivity contribution >= 4 is 40.2 Å². The summed E-state index contributed by atoms with van der Waals surface area (Å²) in [5.41, 5.74) is 9.96. The second-order valence-corrected chi connectivity index (χ2v) is 11.5. The highest BCUT2D eigenvalue weighted by Gasteiger charge is 2.23. The molecule has 2 heterocycles. The molecule has 1 fully saturated rings. The summed E-state index contributed by atoms with van der Waals surface area (Å²) in [6.07, 6.45) is 3.47. The molecule has 1 aliphatic heterocycles. The number of esters is 1. The molecule has 5 rings (SSSR count). The van der Waals surface area contributed by atoms with E-state index in [1.807, 2.05) is 43.3 Å². The van der Waals surface area contributed by atoms with Gasteiger partial charge >= 0.3 is 5.97 Å². The van der Waals surface area contributed by atoms with Crippen LogP contribution in [0.15, 0.2) is 72.6 Å². The normalized spacial score (nSPS) is 14.5. The summed E-state index contributed by atoms with van der Waals surface area (Å²) in [7, 11) is 1.38. The summed E-state index contributed by atoms with van der Waals surface area (Å²) in [6, 6.07) is 18.6. The number of hydrogen-bond donors (Lipinski definition) is 2. The van der Waals surface area contributed by atoms with Gasteiger partial charge in [0.15, 0.2) is 0 Å². The van der Waals surface area contributed by atoms with E-state index in [-0.39, 0.29) is 12.1 Å². The van der Waals surface area contributed by atoms with Gasteiger partial charge in [0.25, 0.3) is 0 Å². The number of allylic oxidation sites excluding steroid dienone is 1. The van der Waals surface area contributed by atoms with Gasteiger partial charge in [-0.05, 0) is 73.9 Å². The van der Waals surface area contributed by atoms with Crippen LogP contribution in [0.25, 0.3) is 11.0 Å². The lowest BCUT2D eigenvalue weighted by Crippen LogP contribution is -2.38. The molecule has 0 aliphatic carbocycles. The predicted molar refractivity (Wildman–Crippen MR) is 173 cm³/mol. The Labute approximate surface area is 267 Å². The average Bonchev–Trinajstić information content (AvgIpc) is 3.36. The van der Waals surface area contributed by atoms with Gasteiger partial charge in [0.1, 0.15) is 30.0 Å². The number of nitrogens with zero attached hydrogens (tertiary/aromatic N) is 3. The van der Waals surface area contributed by atoms with Crippen molar-refractivity contribution < 1.29 is 19.0 Å². The van der Waals surface area contributed by atoms with Crippen molar-refractivity contribution in [3.05, 3.63) is 99.6 Å². The summed E-state index contributed by atoms with van der Waals surface area (Å²) < 4.78 is 19.3. The molecule has 9 nitrogen and oxygen atoms in total. The van der Waals surface area contributed by atoms with Crippen molar-refractivity contribution in [3.63, 3.8) is 0 Å². The molecule has 0 spiro atoms. The maximum absolute atomic E-state index is 12.2. The third kappa shape index (κ3) is 7.77. The van der Waals surface area contributed by atoms with Crippen LogP contribution in [0, 0.1) is 0 Å². The zero-order chi connectivity index (χ0) is 31.1. The number of benzene rings is 3. The van der Waals surface area contributed by atoms with Gasteiger partial charge in [0.2, 0.25) is 0 Å². The zero-order valence-electron chi connectivity index (χ0n) is 24.9. The molecule has 3 aromatic carbocycles. The number of likely N-dealkylation sites (N-methyl/N-ethyl adjacent to an activating group) is 1. The number of piperidine rings is 1. The van der Waals surface area contributed by atoms with E-state index in [2.05, 4.69) is 14.8 Å². The number of likely N-dealkylation sites (tertiary alicyclic amines) is 1. The highest BCUT2D eigenvalue weighted by atomic mass is 35.5. The first-order chi connectivity index (χ1) is 21.4. The van der Waals surface area contributed by atoms with Crippen LogP contribution in [0.3, 0.4) is 0 Å². The number of nitrogens with two attached hydrogens (primary N) is 1. The van der Waals surface area contributed by atoms with E-state index in [4.69, 9.17) is 48.1 Å². The molecule has 0 atom stereocenters. The average molecular weight is 639 g/mol. The Morgan fingerprint density at radius 2 is 1.93 bits per heavy atom. The zero-order valence-corrected chi connectivity index (χ0v) is 26.4. The second-order valence-electron chi connectivity index (χ2n) is 10.6. The summed E-state index contributed by atoms with van der Waals surface area (Å²) in [5, 5.41) is 4.36. The van der Waals surface area contributed by atoms with E-state index in [1.54, 1.807) is 30.5 Å². The summed E-state index contributed by atoms with van der Waals surface area (Å²) in [5.74, 6) is 1.93. The molecule has 0 bridgehead atoms. The number of ether oxygens (including phenoxy) is 3. The standard InChI is InChI=1S/C33H37Cl2N5O4/c1-3-37-25(18-36)19-40-30-16-23(33(41)42-2)7-9-29(30)38-32(40)20-39-13-11-26(12-14-39)44-27-6-4-5-22(15-27)21-43-31-10-8-24(34)17-28(31)35/h4-10,15-18,26,37H,3,11-14,19-21,36H2,1-2H3/b25-18-. The first-order valence-electron chi connectivity index (χ1n) is 14.6. The van der Waals surface area contributed by atoms with Gasteiger partial charge in [-0.25, -0.2) is 9.78 Å². The first kappa shape index (κ1) is 31.5. The maximum atomic E-state index is 12.2. The molecule has 1 aliphatic rings. The van der Waals surface area contributed by atoms with Gasteiger partial charge in [-0.3, -0.25) is 4.90 Å². The van der Waals surface area contributed by atoms with Crippen LogP contribution in [-0.4, -0.2) is 53.3 Å². The van der Waals surface area contributed by atoms with Gasteiger partial charge in [-0.2, -0.15) is 0 Å². The molecular formula is C33H37Cl2N5O4. The Hall–Kier alpha value is -3.92. The number of nitrogens with one attached hydrogen (secondary N) is 1. The number of imidazole rings is 1. The minimum absolute atomic E-state index is 0.107. The number of carbonyl (C=O) groups excluding carboxylic acids is 1. The molecule has 232 valence electrons. The van der Waals surface area contributed by atoms with E-state index >= 15 is 0 Å². The fourth-order valence-electron chi connectivity index (χ4n) is 5.32. The Kier molecular flexibility index (Phi) is 10.5. The topological polar surface area (TPSA) is 104 Å². The van der Waals surface area contributed by atoms with Crippen molar-refractivity contribution in [1.29, 1.82) is 0 Å². The minimum atomic E-state index is -0.381. The Balaban J connectivity index is 1.22. The highest BCUT2D eigenvalue weighted by Crippen LogP contribution is 2.29. The van der Waals surface area contributed by atoms with Gasteiger partial charge in [0, 0.05) is 36.6 Å². The molecule has 4 aromatic rings. The Morgan fingerprint density at radius 1 is 1.11 bits per heavy atom. The van der Waals surface area contributed by atoms with Crippen molar-refractivity contribution in [2.45, 2.75) is 45.6 Å². The van der Waals surface area contributed by atoms with Crippen molar-refractivity contribution in [2.75, 3.05) is 26.7 Å². The summed E-state index contributed by atoms with van der Waals surface area (Å²) in [6.45, 7) is 6.06.